The third kappa shape index (κ3) is 3.19. The highest BCUT2D eigenvalue weighted by atomic mass is 32.2. The topological polar surface area (TPSA) is 12.0 Å². The van der Waals surface area contributed by atoms with Crippen LogP contribution < -0.4 is 5.32 Å². The lowest BCUT2D eigenvalue weighted by molar-refractivity contribution is 0.578. The van der Waals surface area contributed by atoms with E-state index in [0.29, 0.717) is 23.0 Å². The van der Waals surface area contributed by atoms with Crippen molar-refractivity contribution in [3.05, 3.63) is 59.7 Å². The molecule has 1 N–H and O–H groups in total. The minimum Gasteiger partial charge on any atom is -0.310 e. The van der Waals surface area contributed by atoms with Crippen LogP contribution in [0.15, 0.2) is 52.3 Å². The molecule has 1 saturated carbocycles. The van der Waals surface area contributed by atoms with Crippen molar-refractivity contribution in [3.8, 4) is 0 Å². The van der Waals surface area contributed by atoms with Gasteiger partial charge >= 0.3 is 0 Å². The highest BCUT2D eigenvalue weighted by Crippen LogP contribution is 2.33. The van der Waals surface area contributed by atoms with Crippen LogP contribution in [0, 0.1) is 11.6 Å². The summed E-state index contributed by atoms with van der Waals surface area (Å²) in [4.78, 5) is 1.29. The second kappa shape index (κ2) is 5.94. The largest absolute Gasteiger partial charge is 0.310 e. The lowest BCUT2D eigenvalue weighted by Crippen LogP contribution is -2.16. The average molecular weight is 291 g/mol. The quantitative estimate of drug-likeness (QED) is 0.878. The van der Waals surface area contributed by atoms with Crippen molar-refractivity contribution >= 4 is 11.8 Å². The first-order valence-corrected chi connectivity index (χ1v) is 7.49. The number of rotatable bonds is 5. The van der Waals surface area contributed by atoms with E-state index in [0.717, 1.165) is 17.7 Å². The summed E-state index contributed by atoms with van der Waals surface area (Å²) in [6, 6.07) is 12.0. The van der Waals surface area contributed by atoms with Crippen molar-refractivity contribution in [1.82, 2.24) is 5.32 Å². The Morgan fingerprint density at radius 2 is 1.65 bits per heavy atom. The van der Waals surface area contributed by atoms with Gasteiger partial charge in [-0.2, -0.15) is 0 Å². The van der Waals surface area contributed by atoms with Crippen LogP contribution in [0.2, 0.25) is 0 Å². The monoisotopic (exact) mass is 291 g/mol. The molecule has 2 aromatic rings. The van der Waals surface area contributed by atoms with Crippen molar-refractivity contribution in [2.75, 3.05) is 0 Å². The predicted molar refractivity (Wildman–Crippen MR) is 76.8 cm³/mol. The summed E-state index contributed by atoms with van der Waals surface area (Å²) < 4.78 is 27.7. The molecule has 0 aliphatic heterocycles. The van der Waals surface area contributed by atoms with Gasteiger partial charge in [0, 0.05) is 27.9 Å². The zero-order valence-electron chi connectivity index (χ0n) is 10.9. The first-order chi connectivity index (χ1) is 9.74. The minimum absolute atomic E-state index is 0.237. The van der Waals surface area contributed by atoms with Crippen molar-refractivity contribution in [1.29, 1.82) is 0 Å². The number of benzene rings is 2. The normalized spacial score (nSPS) is 14.5. The Hall–Kier alpha value is -1.39. The van der Waals surface area contributed by atoms with Gasteiger partial charge in [0.05, 0.1) is 0 Å². The molecule has 1 aliphatic rings. The highest BCUT2D eigenvalue weighted by Gasteiger charge is 2.21. The Morgan fingerprint density at radius 3 is 2.40 bits per heavy atom. The van der Waals surface area contributed by atoms with Gasteiger partial charge in [0.25, 0.3) is 0 Å². The van der Waals surface area contributed by atoms with Gasteiger partial charge < -0.3 is 5.32 Å². The van der Waals surface area contributed by atoms with Crippen LogP contribution in [-0.4, -0.2) is 6.04 Å². The Bertz CT molecular complexity index is 611. The summed E-state index contributed by atoms with van der Waals surface area (Å²) in [5.74, 6) is -0.512. The van der Waals surface area contributed by atoms with E-state index in [1.165, 1.54) is 23.9 Å². The molecule has 0 atom stereocenters. The third-order valence-electron chi connectivity index (χ3n) is 3.28. The maximum Gasteiger partial charge on any atom is 0.137 e. The Labute approximate surface area is 121 Å². The van der Waals surface area contributed by atoms with E-state index >= 15 is 0 Å². The predicted octanol–water partition coefficient (Wildman–Crippen LogP) is 4.37. The summed E-state index contributed by atoms with van der Waals surface area (Å²) >= 11 is 1.27. The molecule has 0 heterocycles. The van der Waals surface area contributed by atoms with Gasteiger partial charge in [0.2, 0.25) is 0 Å². The van der Waals surface area contributed by atoms with Crippen molar-refractivity contribution in [2.24, 2.45) is 0 Å². The summed E-state index contributed by atoms with van der Waals surface area (Å²) in [6.45, 7) is 0.494. The molecule has 0 saturated heterocycles. The molecular formula is C16H15F2NS. The van der Waals surface area contributed by atoms with E-state index in [1.54, 1.807) is 24.3 Å². The van der Waals surface area contributed by atoms with Gasteiger partial charge in [-0.05, 0) is 37.1 Å². The second-order valence-corrected chi connectivity index (χ2v) is 5.99. The molecule has 20 heavy (non-hydrogen) atoms. The number of halogens is 2. The molecule has 0 bridgehead atoms. The molecule has 4 heteroatoms. The molecule has 3 rings (SSSR count). The maximum absolute atomic E-state index is 14.0. The highest BCUT2D eigenvalue weighted by molar-refractivity contribution is 7.99. The second-order valence-electron chi connectivity index (χ2n) is 4.90. The molecular weight excluding hydrogens is 276 g/mol. The Balaban J connectivity index is 1.84. The van der Waals surface area contributed by atoms with Crippen LogP contribution >= 0.6 is 11.8 Å². The molecule has 0 amide bonds. The SMILES string of the molecule is Fc1ccccc1Sc1cccc(F)c1CNC1CC1. The molecule has 104 valence electrons. The minimum atomic E-state index is -0.275. The van der Waals surface area contributed by atoms with E-state index in [-0.39, 0.29) is 11.6 Å². The molecule has 0 aromatic heterocycles. The molecule has 1 aliphatic carbocycles. The maximum atomic E-state index is 14.0. The van der Waals surface area contributed by atoms with Gasteiger partial charge in [-0.1, -0.05) is 30.0 Å². The Kier molecular flexibility index (Phi) is 4.03. The molecule has 1 fully saturated rings. The average Bonchev–Trinajstić information content (AvgIpc) is 3.25. The van der Waals surface area contributed by atoms with Gasteiger partial charge in [-0.25, -0.2) is 8.78 Å². The summed E-state index contributed by atoms with van der Waals surface area (Å²) in [5, 5.41) is 3.31. The number of hydrogen-bond donors (Lipinski definition) is 1. The molecule has 2 aromatic carbocycles. The summed E-state index contributed by atoms with van der Waals surface area (Å²) in [7, 11) is 0. The van der Waals surface area contributed by atoms with E-state index in [2.05, 4.69) is 5.32 Å². The zero-order valence-corrected chi connectivity index (χ0v) is 11.7. The van der Waals surface area contributed by atoms with Crippen LogP contribution in [0.3, 0.4) is 0 Å². The fourth-order valence-electron chi connectivity index (χ4n) is 1.99. The Morgan fingerprint density at radius 1 is 0.950 bits per heavy atom. The third-order valence-corrected chi connectivity index (χ3v) is 4.43. The van der Waals surface area contributed by atoms with Gasteiger partial charge in [-0.15, -0.1) is 0 Å². The molecule has 0 radical (unpaired) electrons. The fourth-order valence-corrected chi connectivity index (χ4v) is 2.97. The molecule has 0 unspecified atom stereocenters. The van der Waals surface area contributed by atoms with E-state index in [1.807, 2.05) is 6.07 Å². The fraction of sp³-hybridized carbons (Fsp3) is 0.250. The number of hydrogen-bond acceptors (Lipinski definition) is 2. The smallest absolute Gasteiger partial charge is 0.137 e. The van der Waals surface area contributed by atoms with E-state index in [4.69, 9.17) is 0 Å². The zero-order chi connectivity index (χ0) is 13.9. The van der Waals surface area contributed by atoms with E-state index < -0.39 is 0 Å². The lowest BCUT2D eigenvalue weighted by atomic mass is 10.2. The van der Waals surface area contributed by atoms with Gasteiger partial charge in [0.1, 0.15) is 11.6 Å². The van der Waals surface area contributed by atoms with E-state index in [9.17, 15) is 8.78 Å². The van der Waals surface area contributed by atoms with Crippen molar-refractivity contribution < 1.29 is 8.78 Å². The first-order valence-electron chi connectivity index (χ1n) is 6.67. The molecule has 0 spiro atoms. The summed E-state index contributed by atoms with van der Waals surface area (Å²) in [6.07, 6.45) is 2.31. The van der Waals surface area contributed by atoms with Crippen molar-refractivity contribution in [3.63, 3.8) is 0 Å². The van der Waals surface area contributed by atoms with Crippen LogP contribution in [0.25, 0.3) is 0 Å². The molecule has 1 nitrogen and oxygen atoms in total. The van der Waals surface area contributed by atoms with Crippen LogP contribution in [0.5, 0.6) is 0 Å². The number of nitrogens with one attached hydrogen (secondary N) is 1. The first kappa shape index (κ1) is 13.6. The van der Waals surface area contributed by atoms with Crippen LogP contribution in [0.1, 0.15) is 18.4 Å². The van der Waals surface area contributed by atoms with Gasteiger partial charge in [0.15, 0.2) is 0 Å². The van der Waals surface area contributed by atoms with Crippen LogP contribution in [-0.2, 0) is 6.54 Å². The summed E-state index contributed by atoms with van der Waals surface area (Å²) in [5.41, 5.74) is 0.618. The van der Waals surface area contributed by atoms with Crippen molar-refractivity contribution in [2.45, 2.75) is 35.2 Å². The van der Waals surface area contributed by atoms with Crippen LogP contribution in [0.4, 0.5) is 8.78 Å². The lowest BCUT2D eigenvalue weighted by Gasteiger charge is -2.11. The van der Waals surface area contributed by atoms with Gasteiger partial charge in [-0.3, -0.25) is 0 Å². The standard InChI is InChI=1S/C16H15F2NS/c17-13-5-3-7-15(12(13)10-19-11-8-9-11)20-16-6-2-1-4-14(16)18/h1-7,11,19H,8-10H2.